The van der Waals surface area contributed by atoms with E-state index in [4.69, 9.17) is 28.2 Å². The predicted molar refractivity (Wildman–Crippen MR) is 120 cm³/mol. The second-order valence-electron chi connectivity index (χ2n) is 7.30. The lowest BCUT2D eigenvalue weighted by Crippen LogP contribution is -2.39. The smallest absolute Gasteiger partial charge is 0.164 e. The zero-order valence-corrected chi connectivity index (χ0v) is 18.7. The molecule has 2 aromatic carbocycles. The topological polar surface area (TPSA) is 49.7 Å². The second kappa shape index (κ2) is 7.56. The molecule has 2 aliphatic heterocycles. The molecule has 2 aromatic rings. The second-order valence-corrected chi connectivity index (χ2v) is 11.2. The maximum Gasteiger partial charge on any atom is 0.164 e. The van der Waals surface area contributed by atoms with Gasteiger partial charge in [-0.1, -0.05) is 47.1 Å². The highest BCUT2D eigenvalue weighted by Gasteiger charge is 2.47. The molecular weight excluding hydrogens is 435 g/mol. The van der Waals surface area contributed by atoms with Gasteiger partial charge in [-0.15, -0.1) is 0 Å². The largest absolute Gasteiger partial charge is 0.315 e. The quantitative estimate of drug-likeness (QED) is 0.662. The van der Waals surface area contributed by atoms with Crippen LogP contribution >= 0.6 is 35.0 Å². The van der Waals surface area contributed by atoms with Gasteiger partial charge >= 0.3 is 0 Å². The Kier molecular flexibility index (Phi) is 5.42. The summed E-state index contributed by atoms with van der Waals surface area (Å²) < 4.78 is 24.3. The van der Waals surface area contributed by atoms with Crippen molar-refractivity contribution in [3.05, 3.63) is 63.1 Å². The number of hydrogen-bond donors (Lipinski definition) is 0. The van der Waals surface area contributed by atoms with Crippen molar-refractivity contribution in [2.45, 2.75) is 31.7 Å². The number of rotatable bonds is 3. The van der Waals surface area contributed by atoms with Crippen LogP contribution in [0.5, 0.6) is 0 Å². The van der Waals surface area contributed by atoms with Crippen molar-refractivity contribution in [1.29, 1.82) is 0 Å². The van der Waals surface area contributed by atoms with Gasteiger partial charge in [-0.25, -0.2) is 8.42 Å². The first-order valence-electron chi connectivity index (χ1n) is 8.95. The average molecular weight is 455 g/mol. The van der Waals surface area contributed by atoms with E-state index in [1.54, 1.807) is 17.8 Å². The summed E-state index contributed by atoms with van der Waals surface area (Å²) in [6, 6.07) is 11.5. The van der Waals surface area contributed by atoms with E-state index in [9.17, 15) is 8.42 Å². The number of benzene rings is 2. The summed E-state index contributed by atoms with van der Waals surface area (Å²) in [5, 5.41) is 1.92. The molecular formula is C20H20Cl2N2O2S2. The first-order chi connectivity index (χ1) is 13.2. The molecule has 0 radical (unpaired) electrons. The van der Waals surface area contributed by atoms with Crippen LogP contribution in [-0.4, -0.2) is 37.2 Å². The predicted octanol–water partition coefficient (Wildman–Crippen LogP) is 4.89. The molecule has 8 heteroatoms. The van der Waals surface area contributed by atoms with Crippen LogP contribution in [0.15, 0.2) is 41.4 Å². The molecule has 4 rings (SSSR count). The van der Waals surface area contributed by atoms with Crippen molar-refractivity contribution in [2.75, 3.05) is 16.4 Å². The number of thioether (sulfide) groups is 1. The van der Waals surface area contributed by atoms with E-state index >= 15 is 0 Å². The van der Waals surface area contributed by atoms with Gasteiger partial charge in [0.15, 0.2) is 15.0 Å². The summed E-state index contributed by atoms with van der Waals surface area (Å²) >= 11 is 13.7. The maximum absolute atomic E-state index is 12.2. The normalized spacial score (nSPS) is 23.0. The van der Waals surface area contributed by atoms with Gasteiger partial charge in [-0.2, -0.15) is 0 Å². The third kappa shape index (κ3) is 3.92. The van der Waals surface area contributed by atoms with Crippen molar-refractivity contribution >= 4 is 55.7 Å². The Morgan fingerprint density at radius 2 is 1.86 bits per heavy atom. The van der Waals surface area contributed by atoms with E-state index in [0.717, 1.165) is 16.4 Å². The Morgan fingerprint density at radius 1 is 1.07 bits per heavy atom. The highest BCUT2D eigenvalue weighted by Crippen LogP contribution is 2.37. The van der Waals surface area contributed by atoms with Crippen LogP contribution in [0.4, 0.5) is 5.69 Å². The van der Waals surface area contributed by atoms with Gasteiger partial charge in [0, 0.05) is 11.4 Å². The van der Waals surface area contributed by atoms with E-state index in [2.05, 4.69) is 30.9 Å². The lowest BCUT2D eigenvalue weighted by molar-refractivity contribution is 0.601. The van der Waals surface area contributed by atoms with E-state index in [0.29, 0.717) is 15.8 Å². The minimum absolute atomic E-state index is 0.121. The van der Waals surface area contributed by atoms with Gasteiger partial charge in [0.1, 0.15) is 0 Å². The minimum atomic E-state index is -3.06. The number of amidine groups is 1. The Labute approximate surface area is 179 Å². The van der Waals surface area contributed by atoms with E-state index in [1.807, 2.05) is 18.2 Å². The van der Waals surface area contributed by atoms with Gasteiger partial charge in [0.2, 0.25) is 0 Å². The number of aryl methyl sites for hydroxylation is 2. The summed E-state index contributed by atoms with van der Waals surface area (Å²) in [6.07, 6.45) is 0. The van der Waals surface area contributed by atoms with Crippen LogP contribution in [0.2, 0.25) is 10.0 Å². The van der Waals surface area contributed by atoms with Crippen molar-refractivity contribution in [3.63, 3.8) is 0 Å². The molecule has 0 N–H and O–H groups in total. The summed E-state index contributed by atoms with van der Waals surface area (Å²) in [5.74, 6) is 0.948. The number of halogens is 2. The number of anilines is 1. The molecule has 28 heavy (non-hydrogen) atoms. The van der Waals surface area contributed by atoms with Crippen molar-refractivity contribution in [3.8, 4) is 0 Å². The summed E-state index contributed by atoms with van der Waals surface area (Å²) in [7, 11) is -3.06. The standard InChI is InChI=1S/C20H20Cl2N2O2S2/c1-12-3-5-15(7-13(12)2)24-19-11-28(25,26)10-18(19)23-20(24)27-9-14-4-6-16(21)17(22)8-14/h3-8,18-19H,9-11H2,1-2H3/t18-,19+/m0/s1. The first kappa shape index (κ1) is 20.1. The number of fused-ring (bicyclic) bond motifs is 1. The monoisotopic (exact) mass is 454 g/mol. The zero-order chi connectivity index (χ0) is 20.1. The highest BCUT2D eigenvalue weighted by molar-refractivity contribution is 8.13. The third-order valence-electron chi connectivity index (χ3n) is 5.23. The van der Waals surface area contributed by atoms with Crippen LogP contribution in [0.3, 0.4) is 0 Å². The van der Waals surface area contributed by atoms with Crippen LogP contribution in [-0.2, 0) is 15.6 Å². The average Bonchev–Trinajstić information content (AvgIpc) is 3.09. The molecule has 0 aromatic heterocycles. The van der Waals surface area contributed by atoms with Crippen LogP contribution in [0.1, 0.15) is 16.7 Å². The summed E-state index contributed by atoms with van der Waals surface area (Å²) in [5.41, 5.74) is 4.43. The van der Waals surface area contributed by atoms with Gasteiger partial charge in [0.25, 0.3) is 0 Å². The van der Waals surface area contributed by atoms with Crippen LogP contribution < -0.4 is 4.90 Å². The number of nitrogens with zero attached hydrogens (tertiary/aromatic N) is 2. The molecule has 0 unspecified atom stereocenters. The van der Waals surface area contributed by atoms with Crippen molar-refractivity contribution in [2.24, 2.45) is 4.99 Å². The SMILES string of the molecule is Cc1ccc(N2C(SCc3ccc(Cl)c(Cl)c3)=N[C@H]3CS(=O)(=O)C[C@H]32)cc1C. The molecule has 0 aliphatic carbocycles. The zero-order valence-electron chi connectivity index (χ0n) is 15.5. The lowest BCUT2D eigenvalue weighted by atomic mass is 10.1. The number of sulfone groups is 1. The van der Waals surface area contributed by atoms with Gasteiger partial charge < -0.3 is 4.90 Å². The molecule has 4 nitrogen and oxygen atoms in total. The Morgan fingerprint density at radius 3 is 2.57 bits per heavy atom. The molecule has 1 saturated heterocycles. The van der Waals surface area contributed by atoms with Crippen molar-refractivity contribution in [1.82, 2.24) is 0 Å². The first-order valence-corrected chi connectivity index (χ1v) is 12.5. The van der Waals surface area contributed by atoms with Gasteiger partial charge in [0.05, 0.1) is 33.6 Å². The van der Waals surface area contributed by atoms with Gasteiger partial charge in [-0.3, -0.25) is 4.99 Å². The summed E-state index contributed by atoms with van der Waals surface area (Å²) in [4.78, 5) is 6.88. The minimum Gasteiger partial charge on any atom is -0.315 e. The highest BCUT2D eigenvalue weighted by atomic mass is 35.5. The molecule has 0 amide bonds. The van der Waals surface area contributed by atoms with Gasteiger partial charge in [-0.05, 0) is 54.8 Å². The Bertz CT molecular complexity index is 1070. The number of hydrogen-bond acceptors (Lipinski definition) is 5. The van der Waals surface area contributed by atoms with E-state index < -0.39 is 9.84 Å². The Hall–Kier alpha value is -1.21. The molecule has 0 spiro atoms. The molecule has 0 bridgehead atoms. The van der Waals surface area contributed by atoms with E-state index in [-0.39, 0.29) is 23.6 Å². The van der Waals surface area contributed by atoms with Crippen LogP contribution in [0, 0.1) is 13.8 Å². The summed E-state index contributed by atoms with van der Waals surface area (Å²) in [6.45, 7) is 4.14. The number of aliphatic imine (C=N–C) groups is 1. The molecule has 2 atom stereocenters. The third-order valence-corrected chi connectivity index (χ3v) is 8.70. The fraction of sp³-hybridized carbons (Fsp3) is 0.350. The maximum atomic E-state index is 12.2. The Balaban J connectivity index is 1.63. The lowest BCUT2D eigenvalue weighted by Gasteiger charge is -2.27. The molecule has 148 valence electrons. The van der Waals surface area contributed by atoms with Crippen LogP contribution in [0.25, 0.3) is 0 Å². The molecule has 2 aliphatic rings. The fourth-order valence-corrected chi connectivity index (χ4v) is 6.82. The fourth-order valence-electron chi connectivity index (χ4n) is 3.59. The van der Waals surface area contributed by atoms with E-state index in [1.165, 1.54) is 11.1 Å². The van der Waals surface area contributed by atoms with Crippen molar-refractivity contribution < 1.29 is 8.42 Å². The molecule has 0 saturated carbocycles. The molecule has 1 fully saturated rings. The molecule has 2 heterocycles.